The van der Waals surface area contributed by atoms with Gasteiger partial charge in [0, 0.05) is 17.3 Å². The Morgan fingerprint density at radius 1 is 1.19 bits per heavy atom. The Kier molecular flexibility index (Phi) is 5.80. The van der Waals surface area contributed by atoms with Gasteiger partial charge < -0.3 is 10.1 Å². The number of hydrogen-bond acceptors (Lipinski definition) is 6. The monoisotopic (exact) mass is 386 g/mol. The number of nitrogens with zero attached hydrogens (tertiary/aromatic N) is 1. The van der Waals surface area contributed by atoms with E-state index in [0.29, 0.717) is 16.2 Å². The molecular formula is C19H18N2O3S2. The number of carbonyl (C=O) groups is 1. The minimum absolute atomic E-state index is 0.0651. The fraction of sp³-hybridized carbons (Fsp3) is 0.158. The van der Waals surface area contributed by atoms with Crippen LogP contribution in [0.4, 0.5) is 10.8 Å². The highest BCUT2D eigenvalue weighted by atomic mass is 32.2. The molecule has 1 heterocycles. The van der Waals surface area contributed by atoms with E-state index in [0.717, 1.165) is 10.8 Å². The highest BCUT2D eigenvalue weighted by Crippen LogP contribution is 2.22. The van der Waals surface area contributed by atoms with Crippen molar-refractivity contribution in [2.45, 2.75) is 18.4 Å². The quantitative estimate of drug-likeness (QED) is 0.640. The van der Waals surface area contributed by atoms with E-state index in [2.05, 4.69) is 10.3 Å². The number of carbonyl (C=O) groups excluding carboxylic acids is 1. The van der Waals surface area contributed by atoms with E-state index in [1.807, 2.05) is 36.6 Å². The summed E-state index contributed by atoms with van der Waals surface area (Å²) >= 11 is 1.44. The van der Waals surface area contributed by atoms with Crippen molar-refractivity contribution in [3.63, 3.8) is 0 Å². The van der Waals surface area contributed by atoms with E-state index < -0.39 is 16.8 Å². The molecule has 0 bridgehead atoms. The molecule has 0 unspecified atom stereocenters. The molecule has 1 atom stereocenters. The summed E-state index contributed by atoms with van der Waals surface area (Å²) in [5.41, 5.74) is 3.12. The van der Waals surface area contributed by atoms with Crippen molar-refractivity contribution < 1.29 is 13.7 Å². The third-order valence-corrected chi connectivity index (χ3v) is 5.40. The number of anilines is 2. The van der Waals surface area contributed by atoms with Crippen LogP contribution >= 0.6 is 11.3 Å². The summed E-state index contributed by atoms with van der Waals surface area (Å²) in [6, 6.07) is 14.8. The van der Waals surface area contributed by atoms with Crippen LogP contribution in [-0.2, 0) is 22.1 Å². The molecule has 3 aromatic rings. The fourth-order valence-electron chi connectivity index (χ4n) is 2.29. The number of benzene rings is 2. The zero-order valence-electron chi connectivity index (χ0n) is 14.4. The Labute approximate surface area is 158 Å². The number of nitrogens with one attached hydrogen (secondary N) is 1. The molecule has 0 aliphatic rings. The second-order valence-electron chi connectivity index (χ2n) is 5.66. The van der Waals surface area contributed by atoms with Gasteiger partial charge in [0.25, 0.3) is 0 Å². The maximum absolute atomic E-state index is 12.3. The van der Waals surface area contributed by atoms with Crippen molar-refractivity contribution in [2.75, 3.05) is 11.6 Å². The molecule has 0 radical (unpaired) electrons. The molecule has 3 rings (SSSR count). The highest BCUT2D eigenvalue weighted by Gasteiger charge is 2.15. The molecule has 0 saturated heterocycles. The largest absolute Gasteiger partial charge is 0.456 e. The van der Waals surface area contributed by atoms with Gasteiger partial charge in [-0.25, -0.2) is 9.78 Å². The molecule has 134 valence electrons. The molecule has 0 saturated carbocycles. The molecule has 26 heavy (non-hydrogen) atoms. The SMILES string of the molecule is Cc1ccc(Nc2nc(COC(=O)c3ccccc3[S@@](C)=O)cs2)cc1. The van der Waals surface area contributed by atoms with Gasteiger partial charge in [-0.05, 0) is 31.2 Å². The van der Waals surface area contributed by atoms with Gasteiger partial charge in [0.05, 0.1) is 27.0 Å². The van der Waals surface area contributed by atoms with E-state index >= 15 is 0 Å². The maximum Gasteiger partial charge on any atom is 0.339 e. The van der Waals surface area contributed by atoms with Gasteiger partial charge in [-0.2, -0.15) is 0 Å². The smallest absolute Gasteiger partial charge is 0.339 e. The van der Waals surface area contributed by atoms with Crippen molar-refractivity contribution in [1.29, 1.82) is 0 Å². The number of ether oxygens (including phenoxy) is 1. The molecule has 0 spiro atoms. The molecule has 0 amide bonds. The lowest BCUT2D eigenvalue weighted by molar-refractivity contribution is 0.0464. The zero-order chi connectivity index (χ0) is 18.5. The molecule has 0 aliphatic heterocycles. The van der Waals surface area contributed by atoms with Crippen LogP contribution in [-0.4, -0.2) is 21.4 Å². The number of thiazole rings is 1. The van der Waals surface area contributed by atoms with Gasteiger partial charge in [0.1, 0.15) is 6.61 Å². The second kappa shape index (κ2) is 8.25. The van der Waals surface area contributed by atoms with E-state index in [1.165, 1.54) is 23.2 Å². The van der Waals surface area contributed by atoms with Crippen LogP contribution in [0.15, 0.2) is 58.8 Å². The Balaban J connectivity index is 1.62. The minimum Gasteiger partial charge on any atom is -0.456 e. The Bertz CT molecular complexity index is 936. The zero-order valence-corrected chi connectivity index (χ0v) is 16.0. The number of rotatable bonds is 6. The van der Waals surface area contributed by atoms with Crippen molar-refractivity contribution >= 4 is 38.9 Å². The molecule has 0 fully saturated rings. The summed E-state index contributed by atoms with van der Waals surface area (Å²) in [6.45, 7) is 2.10. The average Bonchev–Trinajstić information content (AvgIpc) is 3.09. The summed E-state index contributed by atoms with van der Waals surface area (Å²) < 4.78 is 17.1. The van der Waals surface area contributed by atoms with E-state index in [9.17, 15) is 9.00 Å². The molecule has 1 aromatic heterocycles. The van der Waals surface area contributed by atoms with Crippen molar-refractivity contribution in [3.05, 3.63) is 70.7 Å². The lowest BCUT2D eigenvalue weighted by atomic mass is 10.2. The Hall–Kier alpha value is -2.51. The number of aromatic nitrogens is 1. The maximum atomic E-state index is 12.3. The highest BCUT2D eigenvalue weighted by molar-refractivity contribution is 7.84. The van der Waals surface area contributed by atoms with Crippen LogP contribution in [0.3, 0.4) is 0 Å². The molecule has 7 heteroatoms. The van der Waals surface area contributed by atoms with Crippen molar-refractivity contribution in [1.82, 2.24) is 4.98 Å². The van der Waals surface area contributed by atoms with Crippen LogP contribution in [0.25, 0.3) is 0 Å². The summed E-state index contributed by atoms with van der Waals surface area (Å²) in [5.74, 6) is -0.503. The normalized spacial score (nSPS) is 11.8. The Morgan fingerprint density at radius 3 is 2.65 bits per heavy atom. The number of aryl methyl sites for hydroxylation is 1. The summed E-state index contributed by atoms with van der Waals surface area (Å²) in [5, 5.41) is 5.79. The predicted molar refractivity (Wildman–Crippen MR) is 104 cm³/mol. The number of esters is 1. The summed E-state index contributed by atoms with van der Waals surface area (Å²) in [4.78, 5) is 17.2. The lowest BCUT2D eigenvalue weighted by Gasteiger charge is -2.06. The first-order valence-electron chi connectivity index (χ1n) is 7.90. The molecular weight excluding hydrogens is 368 g/mol. The predicted octanol–water partition coefficient (Wildman–Crippen LogP) is 4.29. The van der Waals surface area contributed by atoms with Gasteiger partial charge >= 0.3 is 5.97 Å². The van der Waals surface area contributed by atoms with Gasteiger partial charge in [0.15, 0.2) is 5.13 Å². The minimum atomic E-state index is -1.25. The van der Waals surface area contributed by atoms with E-state index in [1.54, 1.807) is 24.3 Å². The first kappa shape index (κ1) is 18.3. The number of hydrogen-bond donors (Lipinski definition) is 1. The van der Waals surface area contributed by atoms with Gasteiger partial charge in [0.2, 0.25) is 0 Å². The first-order chi connectivity index (χ1) is 12.5. The first-order valence-corrected chi connectivity index (χ1v) is 10.3. The standard InChI is InChI=1S/C19H18N2O3S2/c1-13-7-9-14(10-8-13)20-19-21-15(12-25-19)11-24-18(22)16-5-3-4-6-17(16)26(2)23/h3-10,12H,11H2,1-2H3,(H,20,21)/t26-/m1/s1. The molecule has 1 N–H and O–H groups in total. The van der Waals surface area contributed by atoms with Crippen molar-refractivity contribution in [2.24, 2.45) is 0 Å². The van der Waals surface area contributed by atoms with Crippen molar-refractivity contribution in [3.8, 4) is 0 Å². The molecule has 0 aliphatic carbocycles. The van der Waals surface area contributed by atoms with Crippen LogP contribution < -0.4 is 5.32 Å². The van der Waals surface area contributed by atoms with Gasteiger partial charge in [-0.1, -0.05) is 29.8 Å². The fourth-order valence-corrected chi connectivity index (χ4v) is 3.74. The molecule has 2 aromatic carbocycles. The lowest BCUT2D eigenvalue weighted by Crippen LogP contribution is -2.09. The third kappa shape index (κ3) is 4.56. The van der Waals surface area contributed by atoms with Crippen LogP contribution in [0.5, 0.6) is 0 Å². The topological polar surface area (TPSA) is 68.3 Å². The average molecular weight is 386 g/mol. The van der Waals surface area contributed by atoms with Crippen LogP contribution in [0.1, 0.15) is 21.6 Å². The third-order valence-electron chi connectivity index (χ3n) is 3.62. The summed E-state index contributed by atoms with van der Waals surface area (Å²) in [6.07, 6.45) is 1.54. The van der Waals surface area contributed by atoms with E-state index in [4.69, 9.17) is 4.74 Å². The summed E-state index contributed by atoms with van der Waals surface area (Å²) in [7, 11) is -1.25. The van der Waals surface area contributed by atoms with Crippen LogP contribution in [0.2, 0.25) is 0 Å². The molecule has 5 nitrogen and oxygen atoms in total. The van der Waals surface area contributed by atoms with Gasteiger partial charge in [-0.15, -0.1) is 11.3 Å². The van der Waals surface area contributed by atoms with E-state index in [-0.39, 0.29) is 6.61 Å². The van der Waals surface area contributed by atoms with Crippen LogP contribution in [0, 0.1) is 6.92 Å². The second-order valence-corrected chi connectivity index (χ2v) is 7.87. The Morgan fingerprint density at radius 2 is 1.92 bits per heavy atom. The van der Waals surface area contributed by atoms with Gasteiger partial charge in [-0.3, -0.25) is 4.21 Å².